The molecule has 1 unspecified atom stereocenters. The highest BCUT2D eigenvalue weighted by molar-refractivity contribution is 5.96. The van der Waals surface area contributed by atoms with Crippen molar-refractivity contribution in [2.45, 2.75) is 34.1 Å². The fraction of sp³-hybridized carbons (Fsp3) is 0.429. The van der Waals surface area contributed by atoms with Crippen LogP contribution in [0.1, 0.15) is 41.8 Å². The number of benzene rings is 1. The van der Waals surface area contributed by atoms with Gasteiger partial charge in [0.2, 0.25) is 5.91 Å². The molecule has 4 heteroatoms. The molecule has 0 saturated carbocycles. The SMILES string of the molecule is CCC(C)C(=O)Nc1cc(C)c(C)c(C(=O)O)c1. The monoisotopic (exact) mass is 249 g/mol. The second-order valence-electron chi connectivity index (χ2n) is 4.57. The standard InChI is InChI=1S/C14H19NO3/c1-5-8(2)13(16)15-11-6-9(3)10(4)12(7-11)14(17)18/h6-8H,5H2,1-4H3,(H,15,16)(H,17,18). The third-order valence-corrected chi connectivity index (χ3v) is 3.23. The Morgan fingerprint density at radius 2 is 1.94 bits per heavy atom. The van der Waals surface area contributed by atoms with Crippen LogP contribution in [0.5, 0.6) is 0 Å². The lowest BCUT2D eigenvalue weighted by Gasteiger charge is -2.13. The minimum atomic E-state index is -0.977. The van der Waals surface area contributed by atoms with Crippen LogP contribution in [-0.2, 0) is 4.79 Å². The van der Waals surface area contributed by atoms with Crippen LogP contribution >= 0.6 is 0 Å². The number of anilines is 1. The summed E-state index contributed by atoms with van der Waals surface area (Å²) in [5.74, 6) is -1.15. The Bertz CT molecular complexity index is 480. The van der Waals surface area contributed by atoms with Crippen LogP contribution < -0.4 is 5.32 Å². The highest BCUT2D eigenvalue weighted by Gasteiger charge is 2.14. The van der Waals surface area contributed by atoms with E-state index < -0.39 is 5.97 Å². The van der Waals surface area contributed by atoms with Crippen molar-refractivity contribution in [2.24, 2.45) is 5.92 Å². The fourth-order valence-corrected chi connectivity index (χ4v) is 1.60. The average molecular weight is 249 g/mol. The summed E-state index contributed by atoms with van der Waals surface area (Å²) >= 11 is 0. The maximum absolute atomic E-state index is 11.8. The molecule has 0 fully saturated rings. The smallest absolute Gasteiger partial charge is 0.336 e. The van der Waals surface area contributed by atoms with Gasteiger partial charge in [0.15, 0.2) is 0 Å². The van der Waals surface area contributed by atoms with E-state index in [2.05, 4.69) is 5.32 Å². The average Bonchev–Trinajstić information content (AvgIpc) is 2.31. The topological polar surface area (TPSA) is 66.4 Å². The third kappa shape index (κ3) is 3.09. The van der Waals surface area contributed by atoms with Gasteiger partial charge in [0.05, 0.1) is 5.56 Å². The number of carboxylic acid groups (broad SMARTS) is 1. The van der Waals surface area contributed by atoms with Gasteiger partial charge in [-0.05, 0) is 43.5 Å². The first-order chi connectivity index (χ1) is 8.36. The number of carbonyl (C=O) groups is 2. The molecule has 0 saturated heterocycles. The first-order valence-electron chi connectivity index (χ1n) is 6.02. The molecule has 0 aliphatic carbocycles. The van der Waals surface area contributed by atoms with Gasteiger partial charge in [-0.3, -0.25) is 4.79 Å². The minimum Gasteiger partial charge on any atom is -0.478 e. The fourth-order valence-electron chi connectivity index (χ4n) is 1.60. The van der Waals surface area contributed by atoms with Crippen molar-refractivity contribution in [2.75, 3.05) is 5.32 Å². The van der Waals surface area contributed by atoms with E-state index in [9.17, 15) is 9.59 Å². The predicted molar refractivity (Wildman–Crippen MR) is 71.0 cm³/mol. The van der Waals surface area contributed by atoms with Gasteiger partial charge in [-0.15, -0.1) is 0 Å². The van der Waals surface area contributed by atoms with Crippen LogP contribution in [-0.4, -0.2) is 17.0 Å². The van der Waals surface area contributed by atoms with Gasteiger partial charge >= 0.3 is 5.97 Å². The van der Waals surface area contributed by atoms with Gasteiger partial charge in [0, 0.05) is 11.6 Å². The Morgan fingerprint density at radius 3 is 2.44 bits per heavy atom. The summed E-state index contributed by atoms with van der Waals surface area (Å²) in [7, 11) is 0. The molecular weight excluding hydrogens is 230 g/mol. The molecule has 4 nitrogen and oxygen atoms in total. The molecule has 0 aliphatic rings. The van der Waals surface area contributed by atoms with E-state index in [0.717, 1.165) is 17.5 Å². The Labute approximate surface area is 107 Å². The lowest BCUT2D eigenvalue weighted by Crippen LogP contribution is -2.20. The van der Waals surface area contributed by atoms with E-state index in [0.29, 0.717) is 5.69 Å². The van der Waals surface area contributed by atoms with Crippen molar-refractivity contribution < 1.29 is 14.7 Å². The summed E-state index contributed by atoms with van der Waals surface area (Å²) in [4.78, 5) is 22.9. The molecule has 1 rings (SSSR count). The normalized spacial score (nSPS) is 12.0. The van der Waals surface area contributed by atoms with Crippen molar-refractivity contribution in [3.05, 3.63) is 28.8 Å². The second-order valence-corrected chi connectivity index (χ2v) is 4.57. The number of hydrogen-bond donors (Lipinski definition) is 2. The van der Waals surface area contributed by atoms with E-state index in [4.69, 9.17) is 5.11 Å². The second kappa shape index (κ2) is 5.67. The number of carboxylic acids is 1. The number of aromatic carboxylic acids is 1. The van der Waals surface area contributed by atoms with Crippen molar-refractivity contribution in [1.29, 1.82) is 0 Å². The molecule has 0 radical (unpaired) electrons. The first kappa shape index (κ1) is 14.2. The maximum atomic E-state index is 11.8. The van der Waals surface area contributed by atoms with Gasteiger partial charge in [-0.1, -0.05) is 13.8 Å². The van der Waals surface area contributed by atoms with E-state index in [-0.39, 0.29) is 17.4 Å². The van der Waals surface area contributed by atoms with Crippen LogP contribution in [0.2, 0.25) is 0 Å². The lowest BCUT2D eigenvalue weighted by molar-refractivity contribution is -0.119. The van der Waals surface area contributed by atoms with Crippen LogP contribution in [0.3, 0.4) is 0 Å². The largest absolute Gasteiger partial charge is 0.478 e. The molecule has 98 valence electrons. The summed E-state index contributed by atoms with van der Waals surface area (Å²) in [6.45, 7) is 7.38. The Balaban J connectivity index is 3.05. The molecule has 0 aliphatic heterocycles. The maximum Gasteiger partial charge on any atom is 0.336 e. The molecule has 1 atom stereocenters. The Morgan fingerprint density at radius 1 is 1.33 bits per heavy atom. The molecule has 0 heterocycles. The molecule has 18 heavy (non-hydrogen) atoms. The van der Waals surface area contributed by atoms with E-state index in [1.165, 1.54) is 6.07 Å². The Kier molecular flexibility index (Phi) is 4.48. The van der Waals surface area contributed by atoms with Crippen molar-refractivity contribution in [1.82, 2.24) is 0 Å². The molecule has 0 bridgehead atoms. The molecule has 0 aromatic heterocycles. The summed E-state index contributed by atoms with van der Waals surface area (Å²) in [5.41, 5.74) is 2.36. The zero-order valence-corrected chi connectivity index (χ0v) is 11.2. The number of amides is 1. The number of aryl methyl sites for hydroxylation is 1. The first-order valence-corrected chi connectivity index (χ1v) is 6.02. The van der Waals surface area contributed by atoms with Gasteiger partial charge in [-0.2, -0.15) is 0 Å². The highest BCUT2D eigenvalue weighted by atomic mass is 16.4. The summed E-state index contributed by atoms with van der Waals surface area (Å²) in [6, 6.07) is 3.30. The molecule has 2 N–H and O–H groups in total. The predicted octanol–water partition coefficient (Wildman–Crippen LogP) is 2.99. The quantitative estimate of drug-likeness (QED) is 0.862. The van der Waals surface area contributed by atoms with Crippen LogP contribution in [0, 0.1) is 19.8 Å². The Hall–Kier alpha value is -1.84. The molecule has 1 aromatic carbocycles. The summed E-state index contributed by atoms with van der Waals surface area (Å²) < 4.78 is 0. The van der Waals surface area contributed by atoms with E-state index in [1.54, 1.807) is 13.0 Å². The minimum absolute atomic E-state index is 0.0834. The number of hydrogen-bond acceptors (Lipinski definition) is 2. The molecule has 1 aromatic rings. The molecule has 0 spiro atoms. The van der Waals surface area contributed by atoms with Crippen LogP contribution in [0.25, 0.3) is 0 Å². The number of rotatable bonds is 4. The van der Waals surface area contributed by atoms with Crippen LogP contribution in [0.4, 0.5) is 5.69 Å². The van der Waals surface area contributed by atoms with Gasteiger partial charge in [0.1, 0.15) is 0 Å². The lowest BCUT2D eigenvalue weighted by atomic mass is 10.0. The number of carbonyl (C=O) groups excluding carboxylic acids is 1. The molecule has 1 amide bonds. The summed E-state index contributed by atoms with van der Waals surface area (Å²) in [6.07, 6.45) is 0.752. The van der Waals surface area contributed by atoms with Crippen LogP contribution in [0.15, 0.2) is 12.1 Å². The highest BCUT2D eigenvalue weighted by Crippen LogP contribution is 2.20. The van der Waals surface area contributed by atoms with Crippen molar-refractivity contribution in [3.63, 3.8) is 0 Å². The van der Waals surface area contributed by atoms with Crippen molar-refractivity contribution in [3.8, 4) is 0 Å². The van der Waals surface area contributed by atoms with E-state index in [1.807, 2.05) is 20.8 Å². The summed E-state index contributed by atoms with van der Waals surface area (Å²) in [5, 5.41) is 11.8. The number of nitrogens with one attached hydrogen (secondary N) is 1. The zero-order valence-electron chi connectivity index (χ0n) is 11.2. The van der Waals surface area contributed by atoms with E-state index >= 15 is 0 Å². The van der Waals surface area contributed by atoms with Gasteiger partial charge in [0.25, 0.3) is 0 Å². The van der Waals surface area contributed by atoms with Gasteiger partial charge in [-0.25, -0.2) is 4.79 Å². The zero-order chi connectivity index (χ0) is 13.9. The van der Waals surface area contributed by atoms with Gasteiger partial charge < -0.3 is 10.4 Å². The third-order valence-electron chi connectivity index (χ3n) is 3.23. The molecular formula is C14H19NO3. The van der Waals surface area contributed by atoms with Crippen molar-refractivity contribution >= 4 is 17.6 Å².